The summed E-state index contributed by atoms with van der Waals surface area (Å²) in [6.07, 6.45) is 0. The highest BCUT2D eigenvalue weighted by atomic mass is 32.2. The first-order valence-electron chi connectivity index (χ1n) is 5.50. The van der Waals surface area contributed by atoms with E-state index in [1.165, 1.54) is 21.3 Å². The van der Waals surface area contributed by atoms with Crippen molar-refractivity contribution in [2.45, 2.75) is 11.1 Å². The second-order valence-corrected chi connectivity index (χ2v) is 7.14. The molecule has 6 nitrogen and oxygen atoms in total. The van der Waals surface area contributed by atoms with Gasteiger partial charge in [0.05, 0.1) is 20.1 Å². The van der Waals surface area contributed by atoms with Crippen molar-refractivity contribution < 1.29 is 22.7 Å². The number of rotatable bonds is 6. The fourth-order valence-corrected chi connectivity index (χ4v) is 4.25. The van der Waals surface area contributed by atoms with Crippen LogP contribution in [0.15, 0.2) is 15.7 Å². The largest absolute Gasteiger partial charge is 0.494 e. The predicted octanol–water partition coefficient (Wildman–Crippen LogP) is 1.19. The average molecular weight is 307 g/mol. The molecular formula is C11H17NO5S2. The van der Waals surface area contributed by atoms with E-state index >= 15 is 0 Å². The first kappa shape index (κ1) is 15.9. The van der Waals surface area contributed by atoms with Crippen LogP contribution in [0.1, 0.15) is 6.92 Å². The van der Waals surface area contributed by atoms with Gasteiger partial charge in [0.2, 0.25) is 0 Å². The van der Waals surface area contributed by atoms with Crippen LogP contribution in [0.25, 0.3) is 0 Å². The summed E-state index contributed by atoms with van der Waals surface area (Å²) in [4.78, 5) is 11.3. The SMILES string of the molecule is COC(=O)[C@@H](C)CN(C)S(=O)(=O)c1sccc1OC. The first-order chi connectivity index (χ1) is 8.84. The summed E-state index contributed by atoms with van der Waals surface area (Å²) in [6, 6.07) is 1.59. The van der Waals surface area contributed by atoms with Crippen LogP contribution in [0.5, 0.6) is 5.75 Å². The zero-order chi connectivity index (χ0) is 14.6. The van der Waals surface area contributed by atoms with Crippen LogP contribution in [0.2, 0.25) is 0 Å². The quantitative estimate of drug-likeness (QED) is 0.738. The van der Waals surface area contributed by atoms with Crippen molar-refractivity contribution in [3.05, 3.63) is 11.4 Å². The second-order valence-electron chi connectivity index (χ2n) is 3.99. The Morgan fingerprint density at radius 3 is 2.63 bits per heavy atom. The van der Waals surface area contributed by atoms with E-state index in [1.54, 1.807) is 18.4 Å². The van der Waals surface area contributed by atoms with E-state index in [9.17, 15) is 13.2 Å². The van der Waals surface area contributed by atoms with Gasteiger partial charge in [0.1, 0.15) is 5.75 Å². The maximum atomic E-state index is 12.3. The molecule has 19 heavy (non-hydrogen) atoms. The van der Waals surface area contributed by atoms with Crippen LogP contribution in [0, 0.1) is 5.92 Å². The number of carbonyl (C=O) groups is 1. The fourth-order valence-electron chi connectivity index (χ4n) is 1.52. The molecule has 0 radical (unpaired) electrons. The minimum absolute atomic E-state index is 0.0516. The third kappa shape index (κ3) is 3.46. The monoisotopic (exact) mass is 307 g/mol. The van der Waals surface area contributed by atoms with Crippen LogP contribution < -0.4 is 4.74 Å². The Labute approximate surface area is 117 Å². The number of esters is 1. The van der Waals surface area contributed by atoms with Gasteiger partial charge in [0.25, 0.3) is 10.0 Å². The number of sulfonamides is 1. The Hall–Kier alpha value is -1.12. The Balaban J connectivity index is 2.92. The molecule has 1 rings (SSSR count). The molecule has 1 aromatic rings. The van der Waals surface area contributed by atoms with Gasteiger partial charge in [-0.1, -0.05) is 6.92 Å². The summed E-state index contributed by atoms with van der Waals surface area (Å²) in [5, 5.41) is 1.64. The maximum absolute atomic E-state index is 12.3. The van der Waals surface area contributed by atoms with Gasteiger partial charge in [-0.15, -0.1) is 11.3 Å². The average Bonchev–Trinajstić information content (AvgIpc) is 2.86. The second kappa shape index (κ2) is 6.36. The molecule has 108 valence electrons. The van der Waals surface area contributed by atoms with Gasteiger partial charge in [-0.3, -0.25) is 4.79 Å². The van der Waals surface area contributed by atoms with Crippen molar-refractivity contribution in [3.63, 3.8) is 0 Å². The molecule has 0 aromatic carbocycles. The molecule has 0 aliphatic rings. The molecule has 0 saturated heterocycles. The predicted molar refractivity (Wildman–Crippen MR) is 71.9 cm³/mol. The van der Waals surface area contributed by atoms with Crippen molar-refractivity contribution in [1.29, 1.82) is 0 Å². The standard InChI is InChI=1S/C11H17NO5S2/c1-8(10(13)17-4)7-12(2)19(14,15)11-9(16-3)5-6-18-11/h5-6,8H,7H2,1-4H3/t8-/m0/s1. The lowest BCUT2D eigenvalue weighted by molar-refractivity contribution is -0.144. The molecule has 0 unspecified atom stereocenters. The van der Waals surface area contributed by atoms with Gasteiger partial charge < -0.3 is 9.47 Å². The molecule has 0 spiro atoms. The molecule has 1 atom stereocenters. The smallest absolute Gasteiger partial charge is 0.309 e. The lowest BCUT2D eigenvalue weighted by atomic mass is 10.2. The van der Waals surface area contributed by atoms with E-state index in [-0.39, 0.29) is 10.8 Å². The minimum atomic E-state index is -3.66. The van der Waals surface area contributed by atoms with Gasteiger partial charge in [-0.2, -0.15) is 4.31 Å². The van der Waals surface area contributed by atoms with E-state index < -0.39 is 21.9 Å². The number of carbonyl (C=O) groups excluding carboxylic acids is 1. The zero-order valence-electron chi connectivity index (χ0n) is 11.2. The van der Waals surface area contributed by atoms with Crippen LogP contribution >= 0.6 is 11.3 Å². The third-order valence-electron chi connectivity index (χ3n) is 2.59. The van der Waals surface area contributed by atoms with Crippen molar-refractivity contribution in [3.8, 4) is 5.75 Å². The normalized spacial score (nSPS) is 13.3. The Bertz CT molecular complexity index is 537. The Kier molecular flexibility index (Phi) is 5.33. The van der Waals surface area contributed by atoms with E-state index in [4.69, 9.17) is 4.74 Å². The van der Waals surface area contributed by atoms with Gasteiger partial charge in [0.15, 0.2) is 4.21 Å². The highest BCUT2D eigenvalue weighted by Crippen LogP contribution is 2.31. The van der Waals surface area contributed by atoms with Crippen LogP contribution in [0.4, 0.5) is 0 Å². The fraction of sp³-hybridized carbons (Fsp3) is 0.545. The number of thiophene rings is 1. The van der Waals surface area contributed by atoms with Crippen LogP contribution in [0.3, 0.4) is 0 Å². The third-order valence-corrected chi connectivity index (χ3v) is 5.84. The lowest BCUT2D eigenvalue weighted by Gasteiger charge is -2.19. The number of hydrogen-bond donors (Lipinski definition) is 0. The van der Waals surface area contributed by atoms with Crippen molar-refractivity contribution in [1.82, 2.24) is 4.31 Å². The van der Waals surface area contributed by atoms with Gasteiger partial charge in [-0.25, -0.2) is 8.42 Å². The van der Waals surface area contributed by atoms with Gasteiger partial charge in [0, 0.05) is 13.6 Å². The number of nitrogens with zero attached hydrogens (tertiary/aromatic N) is 1. The molecule has 0 saturated carbocycles. The highest BCUT2D eigenvalue weighted by Gasteiger charge is 2.29. The first-order valence-corrected chi connectivity index (χ1v) is 7.82. The summed E-state index contributed by atoms with van der Waals surface area (Å²) >= 11 is 1.08. The summed E-state index contributed by atoms with van der Waals surface area (Å²) in [7, 11) is 0.457. The van der Waals surface area contributed by atoms with E-state index in [0.29, 0.717) is 5.75 Å². The van der Waals surface area contributed by atoms with Gasteiger partial charge in [-0.05, 0) is 11.4 Å². The lowest BCUT2D eigenvalue weighted by Crippen LogP contribution is -2.34. The highest BCUT2D eigenvalue weighted by molar-refractivity contribution is 7.91. The molecule has 0 aliphatic carbocycles. The minimum Gasteiger partial charge on any atom is -0.494 e. The molecular weight excluding hydrogens is 290 g/mol. The topological polar surface area (TPSA) is 72.9 Å². The Morgan fingerprint density at radius 2 is 2.11 bits per heavy atom. The summed E-state index contributed by atoms with van der Waals surface area (Å²) in [6.45, 7) is 1.67. The summed E-state index contributed by atoms with van der Waals surface area (Å²) in [5.41, 5.74) is 0. The van der Waals surface area contributed by atoms with Crippen molar-refractivity contribution in [2.24, 2.45) is 5.92 Å². The van der Waals surface area contributed by atoms with Crippen LogP contribution in [-0.2, 0) is 19.6 Å². The van der Waals surface area contributed by atoms with E-state index in [1.807, 2.05) is 0 Å². The molecule has 8 heteroatoms. The number of ether oxygens (including phenoxy) is 2. The number of hydrogen-bond acceptors (Lipinski definition) is 6. The van der Waals surface area contributed by atoms with Gasteiger partial charge >= 0.3 is 5.97 Å². The molecule has 1 aromatic heterocycles. The molecule has 1 heterocycles. The molecule has 0 aliphatic heterocycles. The molecule has 0 bridgehead atoms. The maximum Gasteiger partial charge on any atom is 0.309 e. The number of methoxy groups -OCH3 is 2. The molecule has 0 amide bonds. The molecule has 0 N–H and O–H groups in total. The van der Waals surface area contributed by atoms with Crippen molar-refractivity contribution >= 4 is 27.3 Å². The van der Waals surface area contributed by atoms with Crippen molar-refractivity contribution in [2.75, 3.05) is 27.8 Å². The van der Waals surface area contributed by atoms with E-state index in [2.05, 4.69) is 4.74 Å². The van der Waals surface area contributed by atoms with Crippen LogP contribution in [-0.4, -0.2) is 46.5 Å². The Morgan fingerprint density at radius 1 is 1.47 bits per heavy atom. The van der Waals surface area contributed by atoms with E-state index in [0.717, 1.165) is 15.6 Å². The zero-order valence-corrected chi connectivity index (χ0v) is 12.9. The summed E-state index contributed by atoms with van der Waals surface area (Å²) in [5.74, 6) is -0.668. The molecule has 0 fully saturated rings. The summed E-state index contributed by atoms with van der Waals surface area (Å²) < 4.78 is 35.5.